The van der Waals surface area contributed by atoms with Gasteiger partial charge in [-0.3, -0.25) is 9.69 Å². The molecule has 0 saturated carbocycles. The van der Waals surface area contributed by atoms with Crippen LogP contribution >= 0.6 is 11.3 Å². The Morgan fingerprint density at radius 3 is 2.78 bits per heavy atom. The quantitative estimate of drug-likeness (QED) is 0.827. The van der Waals surface area contributed by atoms with E-state index in [1.54, 1.807) is 11.3 Å². The Morgan fingerprint density at radius 2 is 2.22 bits per heavy atom. The molecule has 1 atom stereocenters. The summed E-state index contributed by atoms with van der Waals surface area (Å²) in [4.78, 5) is 17.2. The maximum absolute atomic E-state index is 12.1. The van der Waals surface area contributed by atoms with Crippen molar-refractivity contribution in [2.24, 2.45) is 0 Å². The van der Waals surface area contributed by atoms with Gasteiger partial charge in [0.1, 0.15) is 0 Å². The smallest absolute Gasteiger partial charge is 0.227 e. The van der Waals surface area contributed by atoms with Gasteiger partial charge < -0.3 is 4.90 Å². The maximum atomic E-state index is 12.1. The van der Waals surface area contributed by atoms with Crippen molar-refractivity contribution in [1.82, 2.24) is 9.80 Å². The molecule has 1 aromatic heterocycles. The van der Waals surface area contributed by atoms with E-state index in [0.29, 0.717) is 6.42 Å². The number of carbonyl (C=O) groups excluding carboxylic acids is 1. The average molecular weight is 263 g/mol. The zero-order valence-corrected chi connectivity index (χ0v) is 11.3. The summed E-state index contributed by atoms with van der Waals surface area (Å²) in [5.74, 6) is 0.196. The molecular formula is C13H17N3OS. The van der Waals surface area contributed by atoms with Crippen molar-refractivity contribution in [1.29, 1.82) is 5.26 Å². The molecule has 4 nitrogen and oxygen atoms in total. The van der Waals surface area contributed by atoms with Gasteiger partial charge in [0.25, 0.3) is 0 Å². The van der Waals surface area contributed by atoms with Gasteiger partial charge in [-0.05, 0) is 18.4 Å². The molecule has 1 amide bonds. The van der Waals surface area contributed by atoms with E-state index in [4.69, 9.17) is 5.26 Å². The molecule has 0 spiro atoms. The number of rotatable bonds is 3. The van der Waals surface area contributed by atoms with Crippen molar-refractivity contribution in [3.63, 3.8) is 0 Å². The van der Waals surface area contributed by atoms with E-state index in [2.05, 4.69) is 11.0 Å². The Kier molecular flexibility index (Phi) is 4.34. The summed E-state index contributed by atoms with van der Waals surface area (Å²) >= 11 is 1.62. The van der Waals surface area contributed by atoms with Crippen molar-refractivity contribution in [2.75, 3.05) is 26.2 Å². The largest absolute Gasteiger partial charge is 0.340 e. The number of hydrogen-bond acceptors (Lipinski definition) is 4. The van der Waals surface area contributed by atoms with E-state index in [0.717, 1.165) is 31.1 Å². The maximum Gasteiger partial charge on any atom is 0.227 e. The van der Waals surface area contributed by atoms with Gasteiger partial charge in [-0.1, -0.05) is 6.07 Å². The fourth-order valence-electron chi connectivity index (χ4n) is 2.11. The number of carbonyl (C=O) groups is 1. The van der Waals surface area contributed by atoms with Gasteiger partial charge in [-0.25, -0.2) is 0 Å². The van der Waals surface area contributed by atoms with Gasteiger partial charge >= 0.3 is 0 Å². The first-order valence-corrected chi connectivity index (χ1v) is 7.02. The topological polar surface area (TPSA) is 47.3 Å². The SMILES string of the molecule is CC(C#N)N1CCN(C(=O)Cc2cccs2)CC1. The number of hydrogen-bond donors (Lipinski definition) is 0. The zero-order chi connectivity index (χ0) is 13.0. The molecule has 0 N–H and O–H groups in total. The highest BCUT2D eigenvalue weighted by molar-refractivity contribution is 7.10. The van der Waals surface area contributed by atoms with E-state index in [1.165, 1.54) is 0 Å². The van der Waals surface area contributed by atoms with Crippen molar-refractivity contribution < 1.29 is 4.79 Å². The molecule has 18 heavy (non-hydrogen) atoms. The lowest BCUT2D eigenvalue weighted by Crippen LogP contribution is -2.51. The van der Waals surface area contributed by atoms with Crippen LogP contribution in [0.2, 0.25) is 0 Å². The standard InChI is InChI=1S/C13H17N3OS/c1-11(10-14)15-4-6-16(7-5-15)13(17)9-12-3-2-8-18-12/h2-3,8,11H,4-7,9H2,1H3. The summed E-state index contributed by atoms with van der Waals surface area (Å²) in [5.41, 5.74) is 0. The van der Waals surface area contributed by atoms with Crippen LogP contribution in [-0.4, -0.2) is 47.9 Å². The van der Waals surface area contributed by atoms with Crippen LogP contribution in [0.1, 0.15) is 11.8 Å². The summed E-state index contributed by atoms with van der Waals surface area (Å²) in [6, 6.07) is 6.15. The Balaban J connectivity index is 1.83. The summed E-state index contributed by atoms with van der Waals surface area (Å²) in [5, 5.41) is 10.9. The highest BCUT2D eigenvalue weighted by Crippen LogP contribution is 2.12. The minimum Gasteiger partial charge on any atom is -0.340 e. The molecule has 0 bridgehead atoms. The molecule has 1 aliphatic heterocycles. The first-order valence-electron chi connectivity index (χ1n) is 6.14. The third-order valence-electron chi connectivity index (χ3n) is 3.31. The highest BCUT2D eigenvalue weighted by Gasteiger charge is 2.23. The second-order valence-electron chi connectivity index (χ2n) is 4.48. The van der Waals surface area contributed by atoms with Crippen LogP contribution in [0.5, 0.6) is 0 Å². The van der Waals surface area contributed by atoms with E-state index < -0.39 is 0 Å². The molecule has 1 aliphatic rings. The molecule has 2 heterocycles. The van der Waals surface area contributed by atoms with Gasteiger partial charge in [-0.2, -0.15) is 5.26 Å². The monoisotopic (exact) mass is 263 g/mol. The molecule has 0 radical (unpaired) electrons. The number of nitrogens with zero attached hydrogens (tertiary/aromatic N) is 3. The summed E-state index contributed by atoms with van der Waals surface area (Å²) < 4.78 is 0. The van der Waals surface area contributed by atoms with Crippen LogP contribution in [0, 0.1) is 11.3 Å². The third-order valence-corrected chi connectivity index (χ3v) is 4.18. The third kappa shape index (κ3) is 3.09. The molecule has 96 valence electrons. The normalized spacial score (nSPS) is 18.3. The van der Waals surface area contributed by atoms with E-state index >= 15 is 0 Å². The number of piperazine rings is 1. The van der Waals surface area contributed by atoms with E-state index in [9.17, 15) is 4.79 Å². The van der Waals surface area contributed by atoms with Crippen LogP contribution in [0.4, 0.5) is 0 Å². The van der Waals surface area contributed by atoms with Gasteiger partial charge in [0.15, 0.2) is 0 Å². The lowest BCUT2D eigenvalue weighted by Gasteiger charge is -2.35. The van der Waals surface area contributed by atoms with Gasteiger partial charge in [0, 0.05) is 31.1 Å². The van der Waals surface area contributed by atoms with Gasteiger partial charge in [-0.15, -0.1) is 11.3 Å². The highest BCUT2D eigenvalue weighted by atomic mass is 32.1. The van der Waals surface area contributed by atoms with Gasteiger partial charge in [0.2, 0.25) is 5.91 Å². The minimum atomic E-state index is -0.0560. The van der Waals surface area contributed by atoms with Crippen molar-refractivity contribution in [2.45, 2.75) is 19.4 Å². The predicted octanol–water partition coefficient (Wildman–Crippen LogP) is 1.35. The summed E-state index contributed by atoms with van der Waals surface area (Å²) in [7, 11) is 0. The summed E-state index contributed by atoms with van der Waals surface area (Å²) in [6.45, 7) is 4.96. The first-order chi connectivity index (χ1) is 8.70. The Morgan fingerprint density at radius 1 is 1.50 bits per heavy atom. The lowest BCUT2D eigenvalue weighted by molar-refractivity contribution is -0.132. The molecule has 0 aromatic carbocycles. The molecule has 5 heteroatoms. The van der Waals surface area contributed by atoms with Crippen LogP contribution < -0.4 is 0 Å². The van der Waals surface area contributed by atoms with E-state index in [-0.39, 0.29) is 11.9 Å². The Bertz CT molecular complexity index is 430. The van der Waals surface area contributed by atoms with Crippen LogP contribution in [0.15, 0.2) is 17.5 Å². The fraction of sp³-hybridized carbons (Fsp3) is 0.538. The van der Waals surface area contributed by atoms with Crippen LogP contribution in [-0.2, 0) is 11.2 Å². The predicted molar refractivity (Wildman–Crippen MR) is 71.3 cm³/mol. The van der Waals surface area contributed by atoms with E-state index in [1.807, 2.05) is 29.3 Å². The molecule has 1 unspecified atom stereocenters. The molecule has 1 aromatic rings. The second-order valence-corrected chi connectivity index (χ2v) is 5.51. The van der Waals surface area contributed by atoms with Crippen LogP contribution in [0.25, 0.3) is 0 Å². The zero-order valence-electron chi connectivity index (χ0n) is 10.5. The number of nitriles is 1. The number of amides is 1. The number of thiophene rings is 1. The fourth-order valence-corrected chi connectivity index (χ4v) is 2.81. The molecule has 1 fully saturated rings. The lowest BCUT2D eigenvalue weighted by atomic mass is 10.2. The second kappa shape index (κ2) is 5.98. The Labute approximate surface area is 111 Å². The molecule has 1 saturated heterocycles. The van der Waals surface area contributed by atoms with Crippen molar-refractivity contribution >= 4 is 17.2 Å². The first kappa shape index (κ1) is 13.1. The summed E-state index contributed by atoms with van der Waals surface area (Å²) in [6.07, 6.45) is 0.505. The average Bonchev–Trinajstić information content (AvgIpc) is 2.91. The molecule has 2 rings (SSSR count). The molecule has 0 aliphatic carbocycles. The van der Waals surface area contributed by atoms with Gasteiger partial charge in [0.05, 0.1) is 18.5 Å². The van der Waals surface area contributed by atoms with Crippen LogP contribution in [0.3, 0.4) is 0 Å². The van der Waals surface area contributed by atoms with Crippen molar-refractivity contribution in [3.05, 3.63) is 22.4 Å². The van der Waals surface area contributed by atoms with Crippen molar-refractivity contribution in [3.8, 4) is 6.07 Å². The molecular weight excluding hydrogens is 246 g/mol. The minimum absolute atomic E-state index is 0.0560. The Hall–Kier alpha value is -1.38.